The lowest BCUT2D eigenvalue weighted by Gasteiger charge is -2.15. The van der Waals surface area contributed by atoms with Crippen molar-refractivity contribution in [1.29, 1.82) is 0 Å². The molecule has 0 unspecified atom stereocenters. The third-order valence-electron chi connectivity index (χ3n) is 3.50. The first-order valence-corrected chi connectivity index (χ1v) is 7.94. The second kappa shape index (κ2) is 7.46. The molecule has 1 aliphatic rings. The van der Waals surface area contributed by atoms with Crippen LogP contribution in [-0.4, -0.2) is 22.6 Å². The third kappa shape index (κ3) is 4.66. The van der Waals surface area contributed by atoms with Crippen LogP contribution in [0.15, 0.2) is 6.07 Å². The molecule has 0 atom stereocenters. The summed E-state index contributed by atoms with van der Waals surface area (Å²) in [5.41, 5.74) is 0. The lowest BCUT2D eigenvalue weighted by atomic mass is 10.1. The van der Waals surface area contributed by atoms with Gasteiger partial charge in [-0.2, -0.15) is 4.98 Å². The quantitative estimate of drug-likeness (QED) is 0.823. The van der Waals surface area contributed by atoms with E-state index in [1.807, 2.05) is 6.07 Å². The molecule has 1 aromatic rings. The number of ether oxygens (including phenoxy) is 1. The van der Waals surface area contributed by atoms with E-state index in [1.165, 1.54) is 25.7 Å². The summed E-state index contributed by atoms with van der Waals surface area (Å²) in [6.07, 6.45) is 7.02. The van der Waals surface area contributed by atoms with Crippen LogP contribution in [0.1, 0.15) is 58.7 Å². The minimum atomic E-state index is 0.552. The highest BCUT2D eigenvalue weighted by Gasteiger charge is 2.16. The van der Waals surface area contributed by atoms with Crippen molar-refractivity contribution in [3.63, 3.8) is 0 Å². The zero-order valence-corrected chi connectivity index (χ0v) is 13.0. The monoisotopic (exact) mass is 277 g/mol. The molecule has 2 rings (SSSR count). The Morgan fingerprint density at radius 3 is 2.70 bits per heavy atom. The maximum Gasteiger partial charge on any atom is 0.218 e. The van der Waals surface area contributed by atoms with E-state index in [0.29, 0.717) is 24.4 Å². The Morgan fingerprint density at radius 1 is 1.30 bits per heavy atom. The first kappa shape index (κ1) is 15.1. The van der Waals surface area contributed by atoms with E-state index in [1.54, 1.807) is 0 Å². The Kier molecular flexibility index (Phi) is 5.62. The minimum Gasteiger partial charge on any atom is -0.478 e. The van der Waals surface area contributed by atoms with Gasteiger partial charge >= 0.3 is 0 Å². The molecule has 112 valence electrons. The lowest BCUT2D eigenvalue weighted by Crippen LogP contribution is -2.17. The van der Waals surface area contributed by atoms with Gasteiger partial charge < -0.3 is 10.1 Å². The van der Waals surface area contributed by atoms with E-state index in [4.69, 9.17) is 4.74 Å². The summed E-state index contributed by atoms with van der Waals surface area (Å²) in [4.78, 5) is 9.16. The van der Waals surface area contributed by atoms with Crippen molar-refractivity contribution in [2.75, 3.05) is 11.9 Å². The maximum atomic E-state index is 5.69. The van der Waals surface area contributed by atoms with Crippen molar-refractivity contribution < 1.29 is 4.74 Å². The molecule has 4 heteroatoms. The van der Waals surface area contributed by atoms with Crippen LogP contribution in [0.3, 0.4) is 0 Å². The number of anilines is 1. The van der Waals surface area contributed by atoms with Crippen LogP contribution in [0.25, 0.3) is 0 Å². The van der Waals surface area contributed by atoms with Gasteiger partial charge in [-0.3, -0.25) is 0 Å². The summed E-state index contributed by atoms with van der Waals surface area (Å²) < 4.78 is 5.69. The molecule has 0 bridgehead atoms. The third-order valence-corrected chi connectivity index (χ3v) is 3.50. The van der Waals surface area contributed by atoms with Crippen molar-refractivity contribution in [3.05, 3.63) is 11.9 Å². The van der Waals surface area contributed by atoms with Crippen LogP contribution < -0.4 is 10.1 Å². The molecule has 0 amide bonds. The van der Waals surface area contributed by atoms with E-state index >= 15 is 0 Å². The van der Waals surface area contributed by atoms with Gasteiger partial charge in [0.25, 0.3) is 0 Å². The summed E-state index contributed by atoms with van der Waals surface area (Å²) in [5, 5.41) is 3.54. The average Bonchev–Trinajstić information content (AvgIpc) is 2.88. The SMILES string of the molecule is CCCOc1cc(NC2CCCC2)nc(CC(C)C)n1. The van der Waals surface area contributed by atoms with Gasteiger partial charge in [0, 0.05) is 18.5 Å². The van der Waals surface area contributed by atoms with Crippen molar-refractivity contribution in [2.45, 2.75) is 65.3 Å². The van der Waals surface area contributed by atoms with Crippen LogP contribution in [-0.2, 0) is 6.42 Å². The predicted molar refractivity (Wildman–Crippen MR) is 82.2 cm³/mol. The molecule has 0 aliphatic heterocycles. The number of hydrogen-bond acceptors (Lipinski definition) is 4. The molecule has 20 heavy (non-hydrogen) atoms. The highest BCUT2D eigenvalue weighted by atomic mass is 16.5. The largest absolute Gasteiger partial charge is 0.478 e. The fourth-order valence-corrected chi connectivity index (χ4v) is 2.56. The molecule has 1 saturated carbocycles. The molecule has 0 aromatic carbocycles. The fraction of sp³-hybridized carbons (Fsp3) is 0.750. The molecule has 1 aliphatic carbocycles. The van der Waals surface area contributed by atoms with Gasteiger partial charge in [0.2, 0.25) is 5.88 Å². The highest BCUT2D eigenvalue weighted by molar-refractivity contribution is 5.39. The van der Waals surface area contributed by atoms with E-state index in [-0.39, 0.29) is 0 Å². The minimum absolute atomic E-state index is 0.552. The maximum absolute atomic E-state index is 5.69. The van der Waals surface area contributed by atoms with Gasteiger partial charge in [0.15, 0.2) is 0 Å². The Hall–Kier alpha value is -1.32. The highest BCUT2D eigenvalue weighted by Crippen LogP contribution is 2.23. The van der Waals surface area contributed by atoms with Crippen molar-refractivity contribution in [3.8, 4) is 5.88 Å². The van der Waals surface area contributed by atoms with Crippen LogP contribution in [0.5, 0.6) is 5.88 Å². The summed E-state index contributed by atoms with van der Waals surface area (Å²) in [5.74, 6) is 3.07. The lowest BCUT2D eigenvalue weighted by molar-refractivity contribution is 0.303. The summed E-state index contributed by atoms with van der Waals surface area (Å²) in [6, 6.07) is 2.51. The molecule has 0 saturated heterocycles. The molecular weight excluding hydrogens is 250 g/mol. The first-order chi connectivity index (χ1) is 9.67. The Balaban J connectivity index is 2.10. The smallest absolute Gasteiger partial charge is 0.218 e. The molecule has 1 heterocycles. The van der Waals surface area contributed by atoms with E-state index in [9.17, 15) is 0 Å². The topological polar surface area (TPSA) is 47.0 Å². The Bertz CT molecular complexity index is 414. The van der Waals surface area contributed by atoms with Gasteiger partial charge in [-0.05, 0) is 25.2 Å². The van der Waals surface area contributed by atoms with Crippen LogP contribution in [0.2, 0.25) is 0 Å². The fourth-order valence-electron chi connectivity index (χ4n) is 2.56. The molecule has 0 radical (unpaired) electrons. The summed E-state index contributed by atoms with van der Waals surface area (Å²) in [7, 11) is 0. The number of nitrogens with zero attached hydrogens (tertiary/aromatic N) is 2. The van der Waals surface area contributed by atoms with Crippen molar-refractivity contribution >= 4 is 5.82 Å². The van der Waals surface area contributed by atoms with E-state index in [2.05, 4.69) is 36.1 Å². The number of nitrogens with one attached hydrogen (secondary N) is 1. The predicted octanol–water partition coefficient (Wildman–Crippen LogP) is 3.82. The second-order valence-corrected chi connectivity index (χ2v) is 6.08. The first-order valence-electron chi connectivity index (χ1n) is 7.94. The zero-order chi connectivity index (χ0) is 14.4. The van der Waals surface area contributed by atoms with Crippen molar-refractivity contribution in [2.24, 2.45) is 5.92 Å². The van der Waals surface area contributed by atoms with Gasteiger partial charge in [0.1, 0.15) is 11.6 Å². The van der Waals surface area contributed by atoms with Crippen LogP contribution in [0, 0.1) is 5.92 Å². The van der Waals surface area contributed by atoms with Gasteiger partial charge in [-0.25, -0.2) is 4.98 Å². The molecule has 1 aromatic heterocycles. The van der Waals surface area contributed by atoms with Gasteiger partial charge in [0.05, 0.1) is 6.61 Å². The number of hydrogen-bond donors (Lipinski definition) is 1. The Morgan fingerprint density at radius 2 is 2.05 bits per heavy atom. The molecule has 4 nitrogen and oxygen atoms in total. The van der Waals surface area contributed by atoms with Crippen LogP contribution >= 0.6 is 0 Å². The normalized spacial score (nSPS) is 15.8. The van der Waals surface area contributed by atoms with Crippen LogP contribution in [0.4, 0.5) is 5.82 Å². The Labute approximate surface area is 122 Å². The zero-order valence-electron chi connectivity index (χ0n) is 13.0. The van der Waals surface area contributed by atoms with E-state index < -0.39 is 0 Å². The molecular formula is C16H27N3O. The average molecular weight is 277 g/mol. The van der Waals surface area contributed by atoms with Gasteiger partial charge in [-0.1, -0.05) is 33.6 Å². The summed E-state index contributed by atoms with van der Waals surface area (Å²) >= 11 is 0. The molecule has 1 fully saturated rings. The number of aromatic nitrogens is 2. The summed E-state index contributed by atoms with van der Waals surface area (Å²) in [6.45, 7) is 7.19. The van der Waals surface area contributed by atoms with E-state index in [0.717, 1.165) is 24.5 Å². The molecule has 0 spiro atoms. The molecule has 1 N–H and O–H groups in total. The standard InChI is InChI=1S/C16H27N3O/c1-4-9-20-16-11-15(17-13-7-5-6-8-13)18-14(19-16)10-12(2)3/h11-13H,4-10H2,1-3H3,(H,17,18,19). The second-order valence-electron chi connectivity index (χ2n) is 6.08. The van der Waals surface area contributed by atoms with Crippen molar-refractivity contribution in [1.82, 2.24) is 9.97 Å². The van der Waals surface area contributed by atoms with Gasteiger partial charge in [-0.15, -0.1) is 0 Å². The number of rotatable bonds is 7.